The molecule has 0 amide bonds. The predicted octanol–water partition coefficient (Wildman–Crippen LogP) is 10.8. The minimum absolute atomic E-state index is 0.556. The Morgan fingerprint density at radius 1 is 0.404 bits per heavy atom. The molecule has 7 aromatic carbocycles. The van der Waals surface area contributed by atoms with Crippen LogP contribution in [0.2, 0.25) is 0 Å². The highest BCUT2D eigenvalue weighted by molar-refractivity contribution is 6.20. The van der Waals surface area contributed by atoms with Gasteiger partial charge in [-0.3, -0.25) is 0 Å². The molecule has 10 rings (SSSR count). The van der Waals surface area contributed by atoms with E-state index in [1.807, 2.05) is 24.3 Å². The van der Waals surface area contributed by atoms with Crippen molar-refractivity contribution in [3.63, 3.8) is 0 Å². The van der Waals surface area contributed by atoms with Gasteiger partial charge in [0.15, 0.2) is 17.5 Å². The normalized spacial score (nSPS) is 11.8. The first-order valence-electron chi connectivity index (χ1n) is 15.6. The lowest BCUT2D eigenvalue weighted by molar-refractivity contribution is 0.654. The molecule has 3 aromatic heterocycles. The number of para-hydroxylation sites is 1. The van der Waals surface area contributed by atoms with Crippen LogP contribution in [0.3, 0.4) is 0 Å². The molecule has 0 aliphatic carbocycles. The summed E-state index contributed by atoms with van der Waals surface area (Å²) in [7, 11) is 0. The van der Waals surface area contributed by atoms with Crippen LogP contribution in [0.4, 0.5) is 0 Å². The van der Waals surface area contributed by atoms with E-state index < -0.39 is 0 Å². The van der Waals surface area contributed by atoms with E-state index in [4.69, 9.17) is 19.4 Å². The van der Waals surface area contributed by atoms with Gasteiger partial charge in [-0.05, 0) is 55.9 Å². The van der Waals surface area contributed by atoms with E-state index in [0.29, 0.717) is 23.2 Å². The van der Waals surface area contributed by atoms with Crippen LogP contribution >= 0.6 is 0 Å². The number of rotatable bonds is 3. The SMILES string of the molecule is c1ccc2cc(-c3nc(-c4cccc5ccc6c7ccccc7ccc6c45)nc(-c4ccnc5oc6ccccc6c45)n3)ccc2c1. The molecule has 5 heteroatoms. The molecular formula is C42H24N4O. The van der Waals surface area contributed by atoms with Gasteiger partial charge in [-0.15, -0.1) is 0 Å². The molecule has 0 fully saturated rings. The molecule has 0 N–H and O–H groups in total. The predicted molar refractivity (Wildman–Crippen MR) is 191 cm³/mol. The van der Waals surface area contributed by atoms with Gasteiger partial charge in [0.25, 0.3) is 0 Å². The fraction of sp³-hybridized carbons (Fsp3) is 0. The average molecular weight is 601 g/mol. The highest BCUT2D eigenvalue weighted by Crippen LogP contribution is 2.39. The van der Waals surface area contributed by atoms with Crippen molar-refractivity contribution < 1.29 is 4.42 Å². The number of fused-ring (bicyclic) bond motifs is 9. The minimum Gasteiger partial charge on any atom is -0.438 e. The van der Waals surface area contributed by atoms with Crippen LogP contribution in [-0.2, 0) is 0 Å². The van der Waals surface area contributed by atoms with E-state index in [0.717, 1.165) is 54.6 Å². The van der Waals surface area contributed by atoms with Crippen molar-refractivity contribution in [2.24, 2.45) is 0 Å². The Morgan fingerprint density at radius 2 is 1.06 bits per heavy atom. The summed E-state index contributed by atoms with van der Waals surface area (Å²) in [5.74, 6) is 1.79. The largest absolute Gasteiger partial charge is 0.438 e. The lowest BCUT2D eigenvalue weighted by Crippen LogP contribution is -2.01. The smallest absolute Gasteiger partial charge is 0.228 e. The third-order valence-corrected chi connectivity index (χ3v) is 9.17. The van der Waals surface area contributed by atoms with Crippen molar-refractivity contribution in [2.45, 2.75) is 0 Å². The maximum atomic E-state index is 6.15. The Bertz CT molecular complexity index is 2870. The van der Waals surface area contributed by atoms with E-state index in [2.05, 4.69) is 120 Å². The molecule has 47 heavy (non-hydrogen) atoms. The summed E-state index contributed by atoms with van der Waals surface area (Å²) in [6.07, 6.45) is 1.76. The minimum atomic E-state index is 0.556. The highest BCUT2D eigenvalue weighted by atomic mass is 16.3. The summed E-state index contributed by atoms with van der Waals surface area (Å²) in [5.41, 5.74) is 4.06. The zero-order valence-corrected chi connectivity index (χ0v) is 25.1. The molecule has 0 spiro atoms. The summed E-state index contributed by atoms with van der Waals surface area (Å²) < 4.78 is 6.15. The standard InChI is InChI=1S/C42H24N4O/c1-2-10-28-24-29(17-16-25(28)8-1)39-44-40(46-41(45-39)35-22-23-43-42-38(35)33-13-5-6-15-36(33)47-42)34-14-7-11-27-19-20-31-30-12-4-3-9-26(30)18-21-32(31)37(27)34/h1-24H. The number of hydrogen-bond acceptors (Lipinski definition) is 5. The molecule has 0 aliphatic heterocycles. The van der Waals surface area contributed by atoms with Gasteiger partial charge in [0.2, 0.25) is 5.71 Å². The molecule has 218 valence electrons. The van der Waals surface area contributed by atoms with Crippen LogP contribution in [0.25, 0.3) is 99.3 Å². The lowest BCUT2D eigenvalue weighted by atomic mass is 9.94. The number of pyridine rings is 1. The van der Waals surface area contributed by atoms with Crippen LogP contribution in [0, 0.1) is 0 Å². The Labute approximate surface area is 268 Å². The van der Waals surface area contributed by atoms with Crippen molar-refractivity contribution in [1.29, 1.82) is 0 Å². The number of furan rings is 1. The van der Waals surface area contributed by atoms with Crippen molar-refractivity contribution >= 4 is 65.2 Å². The third kappa shape index (κ3) is 4.03. The fourth-order valence-corrected chi connectivity index (χ4v) is 6.97. The number of aromatic nitrogens is 4. The molecule has 0 aliphatic rings. The molecule has 5 nitrogen and oxygen atoms in total. The highest BCUT2D eigenvalue weighted by Gasteiger charge is 2.20. The monoisotopic (exact) mass is 600 g/mol. The van der Waals surface area contributed by atoms with Gasteiger partial charge in [-0.1, -0.05) is 121 Å². The number of hydrogen-bond donors (Lipinski definition) is 0. The van der Waals surface area contributed by atoms with E-state index in [-0.39, 0.29) is 0 Å². The molecule has 0 atom stereocenters. The van der Waals surface area contributed by atoms with E-state index in [9.17, 15) is 0 Å². The second kappa shape index (κ2) is 10.0. The van der Waals surface area contributed by atoms with Crippen LogP contribution in [0.1, 0.15) is 0 Å². The van der Waals surface area contributed by atoms with Crippen LogP contribution < -0.4 is 0 Å². The number of nitrogens with zero attached hydrogens (tertiary/aromatic N) is 4. The summed E-state index contributed by atoms with van der Waals surface area (Å²) in [6, 6.07) is 48.4. The Balaban J connectivity index is 1.29. The maximum absolute atomic E-state index is 6.15. The Morgan fingerprint density at radius 3 is 1.96 bits per heavy atom. The molecule has 10 aromatic rings. The Hall–Kier alpha value is -6.46. The van der Waals surface area contributed by atoms with Crippen molar-refractivity contribution in [1.82, 2.24) is 19.9 Å². The quantitative estimate of drug-likeness (QED) is 0.189. The van der Waals surface area contributed by atoms with Crippen molar-refractivity contribution in [2.75, 3.05) is 0 Å². The van der Waals surface area contributed by atoms with Gasteiger partial charge in [-0.2, -0.15) is 0 Å². The lowest BCUT2D eigenvalue weighted by Gasteiger charge is -2.13. The zero-order valence-electron chi connectivity index (χ0n) is 25.1. The Kier molecular flexibility index (Phi) is 5.51. The maximum Gasteiger partial charge on any atom is 0.228 e. The molecule has 0 unspecified atom stereocenters. The van der Waals surface area contributed by atoms with Crippen LogP contribution in [0.5, 0.6) is 0 Å². The molecule has 3 heterocycles. The van der Waals surface area contributed by atoms with Gasteiger partial charge >= 0.3 is 0 Å². The summed E-state index contributed by atoms with van der Waals surface area (Å²) >= 11 is 0. The summed E-state index contributed by atoms with van der Waals surface area (Å²) in [4.78, 5) is 20.1. The molecule has 0 bridgehead atoms. The zero-order chi connectivity index (χ0) is 30.9. The van der Waals surface area contributed by atoms with E-state index in [1.165, 1.54) is 21.5 Å². The van der Waals surface area contributed by atoms with Crippen molar-refractivity contribution in [3.8, 4) is 34.2 Å². The van der Waals surface area contributed by atoms with Crippen LogP contribution in [-0.4, -0.2) is 19.9 Å². The first-order valence-corrected chi connectivity index (χ1v) is 15.6. The third-order valence-electron chi connectivity index (χ3n) is 9.17. The van der Waals surface area contributed by atoms with Crippen LogP contribution in [0.15, 0.2) is 150 Å². The fourth-order valence-electron chi connectivity index (χ4n) is 6.97. The molecule has 0 saturated carbocycles. The topological polar surface area (TPSA) is 64.7 Å². The molecular weight excluding hydrogens is 576 g/mol. The summed E-state index contributed by atoms with van der Waals surface area (Å²) in [5, 5.41) is 11.2. The van der Waals surface area contributed by atoms with Gasteiger partial charge in [0.05, 0.1) is 5.39 Å². The van der Waals surface area contributed by atoms with Gasteiger partial charge in [-0.25, -0.2) is 19.9 Å². The first kappa shape index (κ1) is 25.8. The van der Waals surface area contributed by atoms with Gasteiger partial charge < -0.3 is 4.42 Å². The number of benzene rings is 7. The van der Waals surface area contributed by atoms with E-state index in [1.54, 1.807) is 6.20 Å². The summed E-state index contributed by atoms with van der Waals surface area (Å²) in [6.45, 7) is 0. The second-order valence-electron chi connectivity index (χ2n) is 11.9. The van der Waals surface area contributed by atoms with Gasteiger partial charge in [0.1, 0.15) is 5.58 Å². The van der Waals surface area contributed by atoms with Crippen molar-refractivity contribution in [3.05, 3.63) is 146 Å². The first-order chi connectivity index (χ1) is 23.3. The molecule has 0 radical (unpaired) electrons. The van der Waals surface area contributed by atoms with E-state index >= 15 is 0 Å². The molecule has 0 saturated heterocycles. The van der Waals surface area contributed by atoms with Gasteiger partial charge in [0, 0.05) is 33.7 Å². The average Bonchev–Trinajstić information content (AvgIpc) is 3.53. The second-order valence-corrected chi connectivity index (χ2v) is 11.9.